The van der Waals surface area contributed by atoms with Crippen molar-refractivity contribution in [2.24, 2.45) is 5.16 Å². The van der Waals surface area contributed by atoms with Gasteiger partial charge < -0.3 is 21.0 Å². The molecule has 3 aromatic rings. The van der Waals surface area contributed by atoms with Crippen molar-refractivity contribution in [1.82, 2.24) is 5.32 Å². The van der Waals surface area contributed by atoms with Gasteiger partial charge in [0.15, 0.2) is 5.91 Å². The van der Waals surface area contributed by atoms with Crippen molar-refractivity contribution in [3.05, 3.63) is 87.6 Å². The number of hydrogen-bond donors (Lipinski definition) is 2. The van der Waals surface area contributed by atoms with Crippen molar-refractivity contribution in [3.8, 4) is 0 Å². The van der Waals surface area contributed by atoms with Gasteiger partial charge in [-0.3, -0.25) is 4.79 Å². The lowest BCUT2D eigenvalue weighted by atomic mass is 9.84. The van der Waals surface area contributed by atoms with Crippen LogP contribution in [0.1, 0.15) is 33.5 Å². The number of nitrogens with one attached hydrogen (secondary N) is 2. The quantitative estimate of drug-likeness (QED) is 0.281. The molecule has 7 nitrogen and oxygen atoms in total. The smallest absolute Gasteiger partial charge is 0.435 e. The van der Waals surface area contributed by atoms with Crippen molar-refractivity contribution in [1.29, 1.82) is 0 Å². The minimum absolute atomic E-state index is 0.0689. The van der Waals surface area contributed by atoms with Crippen LogP contribution in [0.15, 0.2) is 59.8 Å². The first-order chi connectivity index (χ1) is 19.8. The number of halogens is 10. The van der Waals surface area contributed by atoms with E-state index in [0.29, 0.717) is 17.5 Å². The number of carbonyl (C=O) groups excluding carboxylic acids is 1. The molecule has 1 aliphatic rings. The number of amides is 1. The molecule has 1 aliphatic heterocycles. The predicted molar refractivity (Wildman–Crippen MR) is 136 cm³/mol. The summed E-state index contributed by atoms with van der Waals surface area (Å²) in [5, 5.41) is 14.5. The van der Waals surface area contributed by atoms with Gasteiger partial charge >= 0.3 is 24.5 Å². The summed E-state index contributed by atoms with van der Waals surface area (Å²) in [6, 6.07) is 10.3. The van der Waals surface area contributed by atoms with Gasteiger partial charge in [-0.15, -0.1) is 0 Å². The number of alkyl halides is 9. The third-order valence-electron chi connectivity index (χ3n) is 5.99. The summed E-state index contributed by atoms with van der Waals surface area (Å²) >= 11 is 5.71. The van der Waals surface area contributed by atoms with Crippen LogP contribution >= 0.6 is 11.6 Å². The highest BCUT2D eigenvalue weighted by Crippen LogP contribution is 2.50. The lowest BCUT2D eigenvalue weighted by molar-refractivity contribution is -0.276. The Hall–Kier alpha value is -4.05. The van der Waals surface area contributed by atoms with Gasteiger partial charge in [-0.05, 0) is 35.0 Å². The molecule has 0 spiro atoms. The third-order valence-corrected chi connectivity index (χ3v) is 6.21. The number of oxime groups is 1. The van der Waals surface area contributed by atoms with Gasteiger partial charge in [0.05, 0.1) is 16.8 Å². The van der Waals surface area contributed by atoms with Gasteiger partial charge in [-0.25, -0.2) is 4.79 Å². The minimum Gasteiger partial charge on any atom is -0.670 e. The molecule has 0 saturated carbocycles. The van der Waals surface area contributed by atoms with Crippen LogP contribution in [0.2, 0.25) is 5.02 Å². The number of carboxylic acids is 1. The Balaban J connectivity index is 0.000000436. The number of hydrogen-bond acceptors (Lipinski definition) is 4. The zero-order chi connectivity index (χ0) is 32.4. The van der Waals surface area contributed by atoms with E-state index in [9.17, 15) is 54.2 Å². The van der Waals surface area contributed by atoms with Crippen molar-refractivity contribution in [2.75, 3.05) is 13.1 Å². The molecular weight excluding hydrogens is 625 g/mol. The molecule has 232 valence electrons. The van der Waals surface area contributed by atoms with Crippen LogP contribution in [0.25, 0.3) is 16.5 Å². The van der Waals surface area contributed by atoms with Crippen LogP contribution in [-0.4, -0.2) is 48.1 Å². The molecule has 17 heteroatoms. The summed E-state index contributed by atoms with van der Waals surface area (Å²) in [5.74, 6) is -2.15. The Bertz CT molecular complexity index is 1560. The fourth-order valence-corrected chi connectivity index (χ4v) is 4.27. The van der Waals surface area contributed by atoms with E-state index in [0.717, 1.165) is 6.07 Å². The number of rotatable bonds is 5. The number of carbonyl (C=O) groups is 2. The molecule has 1 atom stereocenters. The molecule has 0 radical (unpaired) electrons. The first kappa shape index (κ1) is 33.5. The van der Waals surface area contributed by atoms with E-state index >= 15 is 0 Å². The molecule has 0 aromatic heterocycles. The Morgan fingerprint density at radius 1 is 0.977 bits per heavy atom. The molecule has 0 fully saturated rings. The highest BCUT2D eigenvalue weighted by Gasteiger charge is 2.62. The van der Waals surface area contributed by atoms with Crippen LogP contribution in [0.3, 0.4) is 0 Å². The van der Waals surface area contributed by atoms with Crippen LogP contribution in [-0.2, 0) is 21.4 Å². The second-order valence-corrected chi connectivity index (χ2v) is 9.37. The molecule has 3 N–H and O–H groups in total. The zero-order valence-electron chi connectivity index (χ0n) is 21.2. The molecule has 1 heterocycles. The molecule has 1 amide bonds. The summed E-state index contributed by atoms with van der Waals surface area (Å²) in [6.45, 7) is -2.03. The maximum Gasteiger partial charge on any atom is 0.435 e. The zero-order valence-corrected chi connectivity index (χ0v) is 22.0. The third kappa shape index (κ3) is 7.67. The summed E-state index contributed by atoms with van der Waals surface area (Å²) in [5.41, 5.74) is 0.820. The van der Waals surface area contributed by atoms with Crippen LogP contribution in [0, 0.1) is 0 Å². The molecule has 4 rings (SSSR count). The fraction of sp³-hybridized carbons (Fsp3) is 0.269. The number of aromatic carboxylic acids is 1. The van der Waals surface area contributed by atoms with Crippen molar-refractivity contribution in [3.63, 3.8) is 0 Å². The normalized spacial score (nSPS) is 17.0. The monoisotopic (exact) mass is 642 g/mol. The molecule has 0 aliphatic carbocycles. The van der Waals surface area contributed by atoms with Crippen LogP contribution in [0.5, 0.6) is 0 Å². The molecule has 3 aromatic carbocycles. The second kappa shape index (κ2) is 12.3. The SMILES string of the molecule is O=C(O)c1ccc(C2=NOC(c3cc(Cl)cc(C(F)(F)F)c3)(C(F)(F)F)C2)c2ccccc12.[NH-]CC(=O)NCC(F)(F)F. The molecular formula is C26H18ClF9N3O4-. The topological polar surface area (TPSA) is 112 Å². The van der Waals surface area contributed by atoms with E-state index in [2.05, 4.69) is 5.16 Å². The van der Waals surface area contributed by atoms with E-state index in [1.54, 1.807) is 12.1 Å². The van der Waals surface area contributed by atoms with E-state index in [1.165, 1.54) is 29.6 Å². The Labute approximate surface area is 241 Å². The average Bonchev–Trinajstić information content (AvgIpc) is 3.37. The van der Waals surface area contributed by atoms with Gasteiger partial charge in [-0.1, -0.05) is 53.6 Å². The predicted octanol–water partition coefficient (Wildman–Crippen LogP) is 7.51. The Morgan fingerprint density at radius 2 is 1.60 bits per heavy atom. The van der Waals surface area contributed by atoms with Crippen molar-refractivity contribution >= 4 is 40.0 Å². The molecule has 43 heavy (non-hydrogen) atoms. The maximum absolute atomic E-state index is 14.2. The lowest BCUT2D eigenvalue weighted by Gasteiger charge is -2.30. The molecule has 1 unspecified atom stereocenters. The van der Waals surface area contributed by atoms with Crippen LogP contribution < -0.4 is 5.32 Å². The largest absolute Gasteiger partial charge is 0.670 e. The highest BCUT2D eigenvalue weighted by atomic mass is 35.5. The summed E-state index contributed by atoms with van der Waals surface area (Å²) in [7, 11) is 0. The van der Waals surface area contributed by atoms with E-state index in [-0.39, 0.29) is 22.2 Å². The van der Waals surface area contributed by atoms with Crippen molar-refractivity contribution in [2.45, 2.75) is 30.6 Å². The van der Waals surface area contributed by atoms with Gasteiger partial charge in [0.1, 0.15) is 6.54 Å². The Kier molecular flexibility index (Phi) is 9.56. The van der Waals surface area contributed by atoms with Crippen LogP contribution in [0.4, 0.5) is 39.5 Å². The Morgan fingerprint density at radius 3 is 2.14 bits per heavy atom. The molecule has 0 saturated heterocycles. The van der Waals surface area contributed by atoms with Crippen molar-refractivity contribution < 1.29 is 59.0 Å². The van der Waals surface area contributed by atoms with Gasteiger partial charge in [0.2, 0.25) is 0 Å². The van der Waals surface area contributed by atoms with E-state index in [4.69, 9.17) is 22.2 Å². The second-order valence-electron chi connectivity index (χ2n) is 8.94. The first-order valence-corrected chi connectivity index (χ1v) is 12.1. The van der Waals surface area contributed by atoms with Gasteiger partial charge in [0.25, 0.3) is 5.60 Å². The number of carboxylic acid groups (broad SMARTS) is 1. The highest BCUT2D eigenvalue weighted by molar-refractivity contribution is 6.30. The van der Waals surface area contributed by atoms with E-state index in [1.807, 2.05) is 0 Å². The van der Waals surface area contributed by atoms with E-state index < -0.39 is 71.7 Å². The molecule has 0 bridgehead atoms. The minimum atomic E-state index is -5.15. The van der Waals surface area contributed by atoms with Gasteiger partial charge in [0, 0.05) is 22.6 Å². The summed E-state index contributed by atoms with van der Waals surface area (Å²) in [4.78, 5) is 26.4. The number of fused-ring (bicyclic) bond motifs is 1. The summed E-state index contributed by atoms with van der Waals surface area (Å²) < 4.78 is 116. The number of benzene rings is 3. The fourth-order valence-electron chi connectivity index (χ4n) is 4.03. The van der Waals surface area contributed by atoms with Gasteiger partial charge in [-0.2, -0.15) is 39.5 Å². The maximum atomic E-state index is 14.2. The number of nitrogens with zero attached hydrogens (tertiary/aromatic N) is 1. The average molecular weight is 643 g/mol. The standard InChI is InChI=1S/C22H12ClF6NO3.C4H6F3N2O/c23-13-8-11(7-12(9-13)21(24,25)26)20(22(27,28)29)10-18(30-33-20)16-5-6-17(19(31)32)15-4-2-1-3-14(15)16;5-4(6,7)2-9-3(10)1-8/h1-9H,10H2,(H,31,32);8H,1-2H2,(H,9,10)/q;-1. The summed E-state index contributed by atoms with van der Waals surface area (Å²) in [6.07, 6.45) is -15.4. The first-order valence-electron chi connectivity index (χ1n) is 11.7. The lowest BCUT2D eigenvalue weighted by Crippen LogP contribution is -2.43.